The van der Waals surface area contributed by atoms with Crippen molar-refractivity contribution in [3.63, 3.8) is 0 Å². The molecule has 3 aromatic rings. The number of nitrogens with one attached hydrogen (secondary N) is 2. The van der Waals surface area contributed by atoms with Crippen molar-refractivity contribution in [2.45, 2.75) is 19.9 Å². The maximum atomic E-state index is 5.59. The minimum atomic E-state index is 0.662. The molecular weight excluding hydrogens is 332 g/mol. The molecule has 0 amide bonds. The van der Waals surface area contributed by atoms with Gasteiger partial charge in [0.2, 0.25) is 5.89 Å². The van der Waals surface area contributed by atoms with E-state index in [1.54, 1.807) is 24.6 Å². The molecule has 130 valence electrons. The monoisotopic (exact) mass is 354 g/mol. The summed E-state index contributed by atoms with van der Waals surface area (Å²) in [5.41, 5.74) is 3.15. The van der Waals surface area contributed by atoms with Crippen molar-refractivity contribution >= 4 is 17.3 Å². The smallest absolute Gasteiger partial charge is 0.226 e. The van der Waals surface area contributed by atoms with Crippen molar-refractivity contribution in [2.24, 2.45) is 4.99 Å². The van der Waals surface area contributed by atoms with E-state index in [4.69, 9.17) is 4.42 Å². The third kappa shape index (κ3) is 4.93. The van der Waals surface area contributed by atoms with E-state index in [2.05, 4.69) is 51.1 Å². The van der Waals surface area contributed by atoms with Gasteiger partial charge in [-0.3, -0.25) is 4.99 Å². The van der Waals surface area contributed by atoms with Gasteiger partial charge in [0.1, 0.15) is 6.26 Å². The zero-order chi connectivity index (χ0) is 17.5. The first kappa shape index (κ1) is 17.2. The maximum absolute atomic E-state index is 5.59. The highest BCUT2D eigenvalue weighted by Gasteiger charge is 2.07. The number of guanidine groups is 1. The summed E-state index contributed by atoms with van der Waals surface area (Å²) in [5, 5.41) is 8.67. The van der Waals surface area contributed by atoms with E-state index in [1.165, 1.54) is 10.4 Å². The Kier molecular flexibility index (Phi) is 5.85. The molecule has 25 heavy (non-hydrogen) atoms. The fourth-order valence-corrected chi connectivity index (χ4v) is 3.01. The van der Waals surface area contributed by atoms with Gasteiger partial charge < -0.3 is 15.1 Å². The molecule has 2 heterocycles. The highest BCUT2D eigenvalue weighted by atomic mass is 32.1. The molecule has 2 N–H and O–H groups in total. The summed E-state index contributed by atoms with van der Waals surface area (Å²) >= 11 is 1.73. The molecule has 0 aliphatic carbocycles. The summed E-state index contributed by atoms with van der Waals surface area (Å²) in [4.78, 5) is 10.1. The van der Waals surface area contributed by atoms with Crippen LogP contribution in [-0.4, -0.2) is 24.5 Å². The standard InChI is InChI=1S/C19H22N4OS/c1-14-5-7-15(8-6-14)18-23-16(13-24-18)9-10-21-19(20-2)22-12-17-4-3-11-25-17/h3-8,11,13H,9-10,12H2,1-2H3,(H2,20,21,22). The SMILES string of the molecule is CN=C(NCCc1coc(-c2ccc(C)cc2)n1)NCc1cccs1. The largest absolute Gasteiger partial charge is 0.444 e. The first-order valence-corrected chi connectivity index (χ1v) is 9.11. The molecule has 0 aliphatic heterocycles. The minimum Gasteiger partial charge on any atom is -0.444 e. The molecule has 5 nitrogen and oxygen atoms in total. The van der Waals surface area contributed by atoms with Crippen LogP contribution in [0.15, 0.2) is 57.5 Å². The van der Waals surface area contributed by atoms with Gasteiger partial charge >= 0.3 is 0 Å². The van der Waals surface area contributed by atoms with Gasteiger partial charge in [0, 0.05) is 30.5 Å². The fourth-order valence-electron chi connectivity index (χ4n) is 2.36. The van der Waals surface area contributed by atoms with E-state index in [-0.39, 0.29) is 0 Å². The van der Waals surface area contributed by atoms with Gasteiger partial charge in [-0.2, -0.15) is 0 Å². The van der Waals surface area contributed by atoms with Crippen molar-refractivity contribution < 1.29 is 4.42 Å². The van der Waals surface area contributed by atoms with Gasteiger partial charge in [-0.15, -0.1) is 11.3 Å². The predicted molar refractivity (Wildman–Crippen MR) is 103 cm³/mol. The lowest BCUT2D eigenvalue weighted by Crippen LogP contribution is -2.37. The summed E-state index contributed by atoms with van der Waals surface area (Å²) < 4.78 is 5.59. The fraction of sp³-hybridized carbons (Fsp3) is 0.263. The molecule has 0 spiro atoms. The number of hydrogen-bond acceptors (Lipinski definition) is 4. The van der Waals surface area contributed by atoms with Crippen molar-refractivity contribution in [1.82, 2.24) is 15.6 Å². The Morgan fingerprint density at radius 2 is 2.04 bits per heavy atom. The number of rotatable bonds is 6. The topological polar surface area (TPSA) is 62.5 Å². The maximum Gasteiger partial charge on any atom is 0.226 e. The molecule has 0 fully saturated rings. The molecule has 0 aliphatic rings. The number of benzene rings is 1. The molecule has 0 radical (unpaired) electrons. The van der Waals surface area contributed by atoms with Gasteiger partial charge in [0.25, 0.3) is 0 Å². The number of nitrogens with zero attached hydrogens (tertiary/aromatic N) is 2. The molecule has 0 bridgehead atoms. The molecular formula is C19H22N4OS. The van der Waals surface area contributed by atoms with Crippen LogP contribution < -0.4 is 10.6 Å². The van der Waals surface area contributed by atoms with Crippen LogP contribution in [0.4, 0.5) is 0 Å². The van der Waals surface area contributed by atoms with Gasteiger partial charge in [0.15, 0.2) is 5.96 Å². The number of aryl methyl sites for hydroxylation is 1. The van der Waals surface area contributed by atoms with Crippen LogP contribution in [0.1, 0.15) is 16.1 Å². The second-order valence-corrected chi connectivity index (χ2v) is 6.72. The van der Waals surface area contributed by atoms with Crippen LogP contribution in [0.3, 0.4) is 0 Å². The molecule has 0 atom stereocenters. The van der Waals surface area contributed by atoms with E-state index >= 15 is 0 Å². The quantitative estimate of drug-likeness (QED) is 0.524. The molecule has 2 aromatic heterocycles. The van der Waals surface area contributed by atoms with E-state index in [0.717, 1.165) is 36.7 Å². The lowest BCUT2D eigenvalue weighted by molar-refractivity contribution is 0.572. The van der Waals surface area contributed by atoms with Gasteiger partial charge in [-0.05, 0) is 30.5 Å². The van der Waals surface area contributed by atoms with Crippen molar-refractivity contribution in [1.29, 1.82) is 0 Å². The van der Waals surface area contributed by atoms with E-state index < -0.39 is 0 Å². The highest BCUT2D eigenvalue weighted by molar-refractivity contribution is 7.09. The Balaban J connectivity index is 1.47. The summed E-state index contributed by atoms with van der Waals surface area (Å²) in [6, 6.07) is 12.3. The van der Waals surface area contributed by atoms with Crippen molar-refractivity contribution in [3.8, 4) is 11.5 Å². The zero-order valence-corrected chi connectivity index (χ0v) is 15.3. The van der Waals surface area contributed by atoms with Gasteiger partial charge in [0.05, 0.1) is 12.2 Å². The molecule has 1 aromatic carbocycles. The second kappa shape index (κ2) is 8.48. The first-order chi connectivity index (χ1) is 12.2. The Labute approximate surface area is 151 Å². The number of aliphatic imine (C=N–C) groups is 1. The third-order valence-corrected chi connectivity index (χ3v) is 4.63. The molecule has 0 unspecified atom stereocenters. The van der Waals surface area contributed by atoms with Gasteiger partial charge in [-0.1, -0.05) is 23.8 Å². The van der Waals surface area contributed by atoms with E-state index in [1.807, 2.05) is 18.2 Å². The van der Waals surface area contributed by atoms with Gasteiger partial charge in [-0.25, -0.2) is 4.98 Å². The van der Waals surface area contributed by atoms with Crippen LogP contribution in [0.25, 0.3) is 11.5 Å². The molecule has 0 saturated carbocycles. The lowest BCUT2D eigenvalue weighted by Gasteiger charge is -2.10. The first-order valence-electron chi connectivity index (χ1n) is 8.23. The summed E-state index contributed by atoms with van der Waals surface area (Å²) in [6.45, 7) is 3.58. The van der Waals surface area contributed by atoms with Crippen LogP contribution >= 0.6 is 11.3 Å². The van der Waals surface area contributed by atoms with Crippen LogP contribution in [0, 0.1) is 6.92 Å². The summed E-state index contributed by atoms with van der Waals surface area (Å²) in [5.74, 6) is 1.45. The van der Waals surface area contributed by atoms with Crippen LogP contribution in [-0.2, 0) is 13.0 Å². The average molecular weight is 354 g/mol. The van der Waals surface area contributed by atoms with E-state index in [0.29, 0.717) is 5.89 Å². The summed E-state index contributed by atoms with van der Waals surface area (Å²) in [7, 11) is 1.77. The lowest BCUT2D eigenvalue weighted by atomic mass is 10.1. The average Bonchev–Trinajstić information content (AvgIpc) is 3.30. The minimum absolute atomic E-state index is 0.662. The Morgan fingerprint density at radius 1 is 1.20 bits per heavy atom. The number of hydrogen-bond donors (Lipinski definition) is 2. The number of oxazole rings is 1. The predicted octanol–water partition coefficient (Wildman–Crippen LogP) is 3.62. The van der Waals surface area contributed by atoms with Crippen LogP contribution in [0.2, 0.25) is 0 Å². The molecule has 6 heteroatoms. The van der Waals surface area contributed by atoms with E-state index in [9.17, 15) is 0 Å². The number of thiophene rings is 1. The zero-order valence-electron chi connectivity index (χ0n) is 14.5. The van der Waals surface area contributed by atoms with Crippen molar-refractivity contribution in [2.75, 3.05) is 13.6 Å². The Hall–Kier alpha value is -2.60. The molecule has 0 saturated heterocycles. The Bertz CT molecular complexity index is 806. The van der Waals surface area contributed by atoms with Crippen LogP contribution in [0.5, 0.6) is 0 Å². The highest BCUT2D eigenvalue weighted by Crippen LogP contribution is 2.19. The number of aromatic nitrogens is 1. The summed E-state index contributed by atoms with van der Waals surface area (Å²) in [6.07, 6.45) is 2.49. The normalized spacial score (nSPS) is 11.5. The molecule has 3 rings (SSSR count). The Morgan fingerprint density at radius 3 is 2.76 bits per heavy atom. The third-order valence-electron chi connectivity index (χ3n) is 3.76. The second-order valence-electron chi connectivity index (χ2n) is 5.69. The van der Waals surface area contributed by atoms with Crippen molar-refractivity contribution in [3.05, 3.63) is 64.2 Å².